The summed E-state index contributed by atoms with van der Waals surface area (Å²) in [7, 11) is 1.66. The van der Waals surface area contributed by atoms with Crippen molar-refractivity contribution >= 4 is 11.6 Å². The van der Waals surface area contributed by atoms with Crippen molar-refractivity contribution in [2.75, 3.05) is 30.3 Å². The Labute approximate surface area is 161 Å². The summed E-state index contributed by atoms with van der Waals surface area (Å²) >= 11 is 0. The summed E-state index contributed by atoms with van der Waals surface area (Å²) in [6.07, 6.45) is 2.41. The van der Waals surface area contributed by atoms with Gasteiger partial charge in [-0.05, 0) is 23.8 Å². The van der Waals surface area contributed by atoms with Crippen LogP contribution in [-0.2, 0) is 11.8 Å². The van der Waals surface area contributed by atoms with Gasteiger partial charge in [-0.1, -0.05) is 12.1 Å². The molecule has 0 spiro atoms. The number of ether oxygens (including phenoxy) is 1. The van der Waals surface area contributed by atoms with Crippen molar-refractivity contribution in [2.24, 2.45) is 7.05 Å². The zero-order valence-electron chi connectivity index (χ0n) is 15.4. The molecule has 1 aliphatic heterocycles. The molecule has 144 valence electrons. The lowest BCUT2D eigenvalue weighted by Gasteiger charge is -2.34. The van der Waals surface area contributed by atoms with E-state index in [-0.39, 0.29) is 22.9 Å². The molecule has 28 heavy (non-hydrogen) atoms. The molecule has 1 atom stereocenters. The van der Waals surface area contributed by atoms with Gasteiger partial charge in [-0.25, -0.2) is 9.37 Å². The molecule has 0 aliphatic carbocycles. The van der Waals surface area contributed by atoms with Crippen molar-refractivity contribution in [3.05, 3.63) is 70.5 Å². The van der Waals surface area contributed by atoms with Gasteiger partial charge in [-0.2, -0.15) is 0 Å². The molecule has 0 unspecified atom stereocenters. The minimum Gasteiger partial charge on any atom is -0.399 e. The number of nitrogens with two attached hydrogens (primary N) is 1. The molecule has 7 nitrogen and oxygen atoms in total. The fourth-order valence-corrected chi connectivity index (χ4v) is 3.27. The number of nitrogens with zero attached hydrogens (tertiary/aromatic N) is 4. The maximum absolute atomic E-state index is 14.1. The molecular weight excluding hydrogens is 361 g/mol. The van der Waals surface area contributed by atoms with Gasteiger partial charge >= 0.3 is 0 Å². The number of hydrogen-bond acceptors (Lipinski definition) is 6. The Kier molecular flexibility index (Phi) is 4.79. The van der Waals surface area contributed by atoms with Gasteiger partial charge in [-0.15, -0.1) is 0 Å². The number of pyridine rings is 1. The van der Waals surface area contributed by atoms with Crippen molar-refractivity contribution in [3.63, 3.8) is 0 Å². The van der Waals surface area contributed by atoms with Gasteiger partial charge in [0.1, 0.15) is 6.10 Å². The molecule has 1 fully saturated rings. The van der Waals surface area contributed by atoms with Crippen LogP contribution in [0.5, 0.6) is 0 Å². The smallest absolute Gasteiger partial charge is 0.255 e. The number of anilines is 2. The Bertz CT molecular complexity index is 1050. The monoisotopic (exact) mass is 381 g/mol. The molecule has 3 aromatic rings. The normalized spacial score (nSPS) is 16.9. The largest absolute Gasteiger partial charge is 0.399 e. The molecule has 0 amide bonds. The highest BCUT2D eigenvalue weighted by Gasteiger charge is 2.25. The Balaban J connectivity index is 1.69. The van der Waals surface area contributed by atoms with Gasteiger partial charge in [0, 0.05) is 37.1 Å². The molecule has 0 radical (unpaired) electrons. The summed E-state index contributed by atoms with van der Waals surface area (Å²) in [5, 5.41) is 0. The van der Waals surface area contributed by atoms with Gasteiger partial charge in [0.15, 0.2) is 5.82 Å². The number of benzene rings is 1. The van der Waals surface area contributed by atoms with Crippen LogP contribution in [0.4, 0.5) is 16.0 Å². The molecule has 0 bridgehead atoms. The molecule has 1 aliphatic rings. The summed E-state index contributed by atoms with van der Waals surface area (Å²) < 4.78 is 21.5. The minimum atomic E-state index is -0.518. The second-order valence-electron chi connectivity index (χ2n) is 6.67. The Hall–Kier alpha value is -3.26. The van der Waals surface area contributed by atoms with Crippen molar-refractivity contribution in [1.82, 2.24) is 14.5 Å². The zero-order valence-corrected chi connectivity index (χ0v) is 15.4. The number of halogens is 1. The van der Waals surface area contributed by atoms with E-state index in [2.05, 4.69) is 9.97 Å². The number of rotatable bonds is 3. The molecule has 8 heteroatoms. The van der Waals surface area contributed by atoms with Crippen LogP contribution in [0.2, 0.25) is 0 Å². The molecule has 2 aromatic heterocycles. The summed E-state index contributed by atoms with van der Waals surface area (Å²) in [4.78, 5) is 22.8. The van der Waals surface area contributed by atoms with Crippen LogP contribution in [0.15, 0.2) is 53.6 Å². The first kappa shape index (κ1) is 18.1. The van der Waals surface area contributed by atoms with Gasteiger partial charge in [0.05, 0.1) is 25.0 Å². The van der Waals surface area contributed by atoms with Crippen LogP contribution >= 0.6 is 0 Å². The maximum atomic E-state index is 14.1. The third kappa shape index (κ3) is 3.46. The quantitative estimate of drug-likeness (QED) is 0.700. The first-order chi connectivity index (χ1) is 13.5. The summed E-state index contributed by atoms with van der Waals surface area (Å²) in [6, 6.07) is 10.4. The highest BCUT2D eigenvalue weighted by Crippen LogP contribution is 2.27. The van der Waals surface area contributed by atoms with Crippen molar-refractivity contribution in [1.29, 1.82) is 0 Å². The second-order valence-corrected chi connectivity index (χ2v) is 6.67. The SMILES string of the molecule is Cn1c(N2CCO[C@@H](c3ccc(N)cc3)C2)nc(-c2ccncc2F)cc1=O. The zero-order chi connectivity index (χ0) is 19.7. The summed E-state index contributed by atoms with van der Waals surface area (Å²) in [5.41, 5.74) is 7.72. The minimum absolute atomic E-state index is 0.174. The topological polar surface area (TPSA) is 86.3 Å². The van der Waals surface area contributed by atoms with Gasteiger partial charge < -0.3 is 15.4 Å². The molecule has 0 saturated carbocycles. The predicted molar refractivity (Wildman–Crippen MR) is 104 cm³/mol. The van der Waals surface area contributed by atoms with Crippen LogP contribution in [0.3, 0.4) is 0 Å². The highest BCUT2D eigenvalue weighted by molar-refractivity contribution is 5.60. The van der Waals surface area contributed by atoms with E-state index in [0.29, 0.717) is 31.3 Å². The van der Waals surface area contributed by atoms with Crippen molar-refractivity contribution < 1.29 is 9.13 Å². The predicted octanol–water partition coefficient (Wildman–Crippen LogP) is 2.14. The lowest BCUT2D eigenvalue weighted by atomic mass is 10.1. The molecule has 3 heterocycles. The lowest BCUT2D eigenvalue weighted by molar-refractivity contribution is 0.0390. The van der Waals surface area contributed by atoms with Gasteiger partial charge in [0.25, 0.3) is 5.56 Å². The maximum Gasteiger partial charge on any atom is 0.255 e. The van der Waals surface area contributed by atoms with Gasteiger partial charge in [-0.3, -0.25) is 14.3 Å². The van der Waals surface area contributed by atoms with Crippen molar-refractivity contribution in [3.8, 4) is 11.3 Å². The Morgan fingerprint density at radius 1 is 1.25 bits per heavy atom. The third-order valence-corrected chi connectivity index (χ3v) is 4.82. The lowest BCUT2D eigenvalue weighted by Crippen LogP contribution is -2.41. The van der Waals surface area contributed by atoms with E-state index in [4.69, 9.17) is 10.5 Å². The fraction of sp³-hybridized carbons (Fsp3) is 0.250. The van der Waals surface area contributed by atoms with E-state index in [1.807, 2.05) is 29.2 Å². The molecule has 4 rings (SSSR count). The van der Waals surface area contributed by atoms with Crippen molar-refractivity contribution in [2.45, 2.75) is 6.10 Å². The average Bonchev–Trinajstić information content (AvgIpc) is 2.71. The molecule has 1 aromatic carbocycles. The van der Waals surface area contributed by atoms with E-state index in [9.17, 15) is 9.18 Å². The van der Waals surface area contributed by atoms with E-state index in [0.717, 1.165) is 11.8 Å². The first-order valence-electron chi connectivity index (χ1n) is 8.93. The Morgan fingerprint density at radius 3 is 2.79 bits per heavy atom. The fourth-order valence-electron chi connectivity index (χ4n) is 3.27. The van der Waals surface area contributed by atoms with Crippen LogP contribution < -0.4 is 16.2 Å². The third-order valence-electron chi connectivity index (χ3n) is 4.82. The standard InChI is InChI=1S/C20H20FN5O2/c1-25-19(27)10-17(15-6-7-23-11-16(15)21)24-20(25)26-8-9-28-18(12-26)13-2-4-14(22)5-3-13/h2-7,10-11,18H,8-9,12,22H2,1H3/t18-/m1/s1. The van der Waals surface area contributed by atoms with Crippen LogP contribution in [0, 0.1) is 5.82 Å². The van der Waals surface area contributed by atoms with E-state index < -0.39 is 5.82 Å². The first-order valence-corrected chi connectivity index (χ1v) is 8.93. The van der Waals surface area contributed by atoms with Crippen LogP contribution in [0.1, 0.15) is 11.7 Å². The highest BCUT2D eigenvalue weighted by atomic mass is 19.1. The number of morpholine rings is 1. The molecule has 2 N–H and O–H groups in total. The molecular formula is C20H20FN5O2. The summed E-state index contributed by atoms with van der Waals surface area (Å²) in [6.45, 7) is 1.58. The van der Waals surface area contributed by atoms with E-state index in [1.165, 1.54) is 22.9 Å². The van der Waals surface area contributed by atoms with E-state index in [1.54, 1.807) is 7.05 Å². The Morgan fingerprint density at radius 2 is 2.04 bits per heavy atom. The average molecular weight is 381 g/mol. The molecule has 1 saturated heterocycles. The second kappa shape index (κ2) is 7.40. The van der Waals surface area contributed by atoms with E-state index >= 15 is 0 Å². The number of hydrogen-bond donors (Lipinski definition) is 1. The number of nitrogen functional groups attached to an aromatic ring is 1. The van der Waals surface area contributed by atoms with Gasteiger partial charge in [0.2, 0.25) is 5.95 Å². The number of aromatic nitrogens is 3. The summed E-state index contributed by atoms with van der Waals surface area (Å²) in [5.74, 6) is -0.0432. The van der Waals surface area contributed by atoms with Crippen LogP contribution in [0.25, 0.3) is 11.3 Å². The van der Waals surface area contributed by atoms with Crippen LogP contribution in [-0.4, -0.2) is 34.2 Å².